The molecule has 1 aliphatic rings. The Morgan fingerprint density at radius 3 is 3.00 bits per heavy atom. The summed E-state index contributed by atoms with van der Waals surface area (Å²) in [6, 6.07) is 0.0706. The number of nitrogens with zero attached hydrogens (tertiary/aromatic N) is 2. The molecule has 56 valence electrons. The third-order valence-electron chi connectivity index (χ3n) is 1.49. The van der Waals surface area contributed by atoms with Gasteiger partial charge in [0.15, 0.2) is 0 Å². The largest absolute Gasteiger partial charge is 0.340 e. The monoisotopic (exact) mass is 141 g/mol. The first kappa shape index (κ1) is 7.05. The highest BCUT2D eigenvalue weighted by Crippen LogP contribution is 2.08. The van der Waals surface area contributed by atoms with E-state index in [1.165, 1.54) is 5.01 Å². The first-order valence-corrected chi connectivity index (χ1v) is 3.29. The number of amides is 2. The molecule has 1 unspecified atom stereocenters. The Labute approximate surface area is 59.9 Å². The van der Waals surface area contributed by atoms with Crippen LogP contribution in [0.25, 0.3) is 0 Å². The highest BCUT2D eigenvalue weighted by molar-refractivity contribution is 5.77. The average Bonchev–Trinajstić information content (AvgIpc) is 2.34. The van der Waals surface area contributed by atoms with Gasteiger partial charge in [0.25, 0.3) is 0 Å². The smallest absolute Gasteiger partial charge is 0.337 e. The van der Waals surface area contributed by atoms with Gasteiger partial charge in [-0.3, -0.25) is 0 Å². The molecule has 1 rings (SSSR count). The van der Waals surface area contributed by atoms with E-state index in [2.05, 4.69) is 10.4 Å². The van der Waals surface area contributed by atoms with Gasteiger partial charge in [-0.2, -0.15) is 5.10 Å². The zero-order chi connectivity index (χ0) is 7.56. The van der Waals surface area contributed by atoms with Crippen LogP contribution in [0.3, 0.4) is 0 Å². The van der Waals surface area contributed by atoms with E-state index in [1.807, 2.05) is 6.92 Å². The van der Waals surface area contributed by atoms with E-state index < -0.39 is 0 Å². The van der Waals surface area contributed by atoms with Gasteiger partial charge in [-0.25, -0.2) is 9.80 Å². The standard InChI is InChI=1S/C6H11N3O/c1-5-3-4-8-9(5)6(10)7-2/h4-5H,3H2,1-2H3,(H,7,10). The number of hydrogen-bond acceptors (Lipinski definition) is 2. The second-order valence-electron chi connectivity index (χ2n) is 2.28. The van der Waals surface area contributed by atoms with Crippen LogP contribution in [0.5, 0.6) is 0 Å². The summed E-state index contributed by atoms with van der Waals surface area (Å²) < 4.78 is 0. The van der Waals surface area contributed by atoms with Crippen LogP contribution in [0.2, 0.25) is 0 Å². The van der Waals surface area contributed by atoms with Crippen LogP contribution < -0.4 is 5.32 Å². The molecular formula is C6H11N3O. The maximum Gasteiger partial charge on any atom is 0.337 e. The molecule has 1 aliphatic heterocycles. The van der Waals surface area contributed by atoms with E-state index in [4.69, 9.17) is 0 Å². The summed E-state index contributed by atoms with van der Waals surface area (Å²) in [6.45, 7) is 1.96. The van der Waals surface area contributed by atoms with Crippen molar-refractivity contribution in [2.75, 3.05) is 7.05 Å². The number of hydrazone groups is 1. The molecule has 1 N–H and O–H groups in total. The normalized spacial score (nSPS) is 23.4. The van der Waals surface area contributed by atoms with Gasteiger partial charge in [-0.15, -0.1) is 0 Å². The van der Waals surface area contributed by atoms with Gasteiger partial charge in [0, 0.05) is 19.7 Å². The predicted molar refractivity (Wildman–Crippen MR) is 38.9 cm³/mol. The summed E-state index contributed by atoms with van der Waals surface area (Å²) in [4.78, 5) is 10.9. The lowest BCUT2D eigenvalue weighted by Gasteiger charge is -2.16. The summed E-state index contributed by atoms with van der Waals surface area (Å²) >= 11 is 0. The van der Waals surface area contributed by atoms with Crippen LogP contribution in [0.1, 0.15) is 13.3 Å². The zero-order valence-corrected chi connectivity index (χ0v) is 6.16. The van der Waals surface area contributed by atoms with Crippen molar-refractivity contribution in [2.24, 2.45) is 5.10 Å². The maximum absolute atomic E-state index is 10.9. The lowest BCUT2D eigenvalue weighted by Crippen LogP contribution is -2.37. The van der Waals surface area contributed by atoms with Gasteiger partial charge in [0.2, 0.25) is 0 Å². The zero-order valence-electron chi connectivity index (χ0n) is 6.16. The Morgan fingerprint density at radius 2 is 2.60 bits per heavy atom. The molecule has 0 aromatic rings. The Morgan fingerprint density at radius 1 is 1.90 bits per heavy atom. The van der Waals surface area contributed by atoms with Gasteiger partial charge >= 0.3 is 6.03 Å². The number of carbonyl (C=O) groups excluding carboxylic acids is 1. The van der Waals surface area contributed by atoms with Crippen molar-refractivity contribution in [1.29, 1.82) is 0 Å². The van der Waals surface area contributed by atoms with Crippen molar-refractivity contribution in [3.05, 3.63) is 0 Å². The number of rotatable bonds is 0. The molecule has 4 nitrogen and oxygen atoms in total. The lowest BCUT2D eigenvalue weighted by molar-refractivity contribution is 0.192. The highest BCUT2D eigenvalue weighted by atomic mass is 16.2. The second-order valence-corrected chi connectivity index (χ2v) is 2.28. The van der Waals surface area contributed by atoms with Gasteiger partial charge in [-0.05, 0) is 6.92 Å². The van der Waals surface area contributed by atoms with Crippen LogP contribution in [-0.2, 0) is 0 Å². The minimum Gasteiger partial charge on any atom is -0.340 e. The molecule has 0 bridgehead atoms. The Kier molecular flexibility index (Phi) is 1.89. The van der Waals surface area contributed by atoms with Gasteiger partial charge < -0.3 is 5.32 Å². The molecule has 10 heavy (non-hydrogen) atoms. The van der Waals surface area contributed by atoms with E-state index in [1.54, 1.807) is 13.3 Å². The van der Waals surface area contributed by atoms with Crippen LogP contribution in [-0.4, -0.2) is 30.3 Å². The van der Waals surface area contributed by atoms with Crippen LogP contribution >= 0.6 is 0 Å². The average molecular weight is 141 g/mol. The molecule has 0 aliphatic carbocycles. The van der Waals surface area contributed by atoms with E-state index >= 15 is 0 Å². The van der Waals surface area contributed by atoms with Gasteiger partial charge in [0.1, 0.15) is 0 Å². The van der Waals surface area contributed by atoms with Crippen molar-refractivity contribution in [2.45, 2.75) is 19.4 Å². The SMILES string of the molecule is CNC(=O)N1N=CCC1C. The minimum atomic E-state index is -0.138. The van der Waals surface area contributed by atoms with Crippen LogP contribution in [0.4, 0.5) is 4.79 Å². The molecule has 0 aromatic heterocycles. The van der Waals surface area contributed by atoms with Crippen molar-refractivity contribution >= 4 is 12.2 Å². The number of hydrogen-bond donors (Lipinski definition) is 1. The molecule has 0 saturated heterocycles. The fourth-order valence-electron chi connectivity index (χ4n) is 0.868. The quantitative estimate of drug-likeness (QED) is 0.521. The summed E-state index contributed by atoms with van der Waals surface area (Å²) in [6.07, 6.45) is 2.60. The summed E-state index contributed by atoms with van der Waals surface area (Å²) in [5.74, 6) is 0. The fourth-order valence-corrected chi connectivity index (χ4v) is 0.868. The van der Waals surface area contributed by atoms with E-state index in [9.17, 15) is 4.79 Å². The molecule has 2 amide bonds. The van der Waals surface area contributed by atoms with E-state index in [-0.39, 0.29) is 12.1 Å². The van der Waals surface area contributed by atoms with Crippen molar-refractivity contribution in [3.63, 3.8) is 0 Å². The summed E-state index contributed by atoms with van der Waals surface area (Å²) in [7, 11) is 1.60. The Bertz CT molecular complexity index is 166. The van der Waals surface area contributed by atoms with E-state index in [0.717, 1.165) is 6.42 Å². The Balaban J connectivity index is 2.55. The molecule has 0 fully saturated rings. The molecule has 0 saturated carbocycles. The van der Waals surface area contributed by atoms with Crippen molar-refractivity contribution in [1.82, 2.24) is 10.3 Å². The summed E-state index contributed by atoms with van der Waals surface area (Å²) in [5.41, 5.74) is 0. The van der Waals surface area contributed by atoms with E-state index in [0.29, 0.717) is 0 Å². The third-order valence-corrected chi connectivity index (χ3v) is 1.49. The molecule has 4 heteroatoms. The number of carbonyl (C=O) groups is 1. The molecule has 0 radical (unpaired) electrons. The summed E-state index contributed by atoms with van der Waals surface area (Å²) in [5, 5.41) is 7.84. The predicted octanol–water partition coefficient (Wildman–Crippen LogP) is 0.406. The second kappa shape index (κ2) is 2.68. The number of nitrogens with one attached hydrogen (secondary N) is 1. The maximum atomic E-state index is 10.9. The first-order valence-electron chi connectivity index (χ1n) is 3.29. The lowest BCUT2D eigenvalue weighted by atomic mass is 10.3. The van der Waals surface area contributed by atoms with Crippen LogP contribution in [0.15, 0.2) is 5.10 Å². The minimum absolute atomic E-state index is 0.138. The Hall–Kier alpha value is -1.06. The first-order chi connectivity index (χ1) is 4.75. The fraction of sp³-hybridized carbons (Fsp3) is 0.667. The number of urea groups is 1. The van der Waals surface area contributed by atoms with Crippen LogP contribution in [0, 0.1) is 0 Å². The topological polar surface area (TPSA) is 44.7 Å². The third kappa shape index (κ3) is 1.10. The molecular weight excluding hydrogens is 130 g/mol. The molecule has 0 spiro atoms. The van der Waals surface area contributed by atoms with Crippen molar-refractivity contribution < 1.29 is 4.79 Å². The highest BCUT2D eigenvalue weighted by Gasteiger charge is 2.20. The van der Waals surface area contributed by atoms with Crippen molar-refractivity contribution in [3.8, 4) is 0 Å². The molecule has 1 atom stereocenters. The van der Waals surface area contributed by atoms with Gasteiger partial charge in [-0.1, -0.05) is 0 Å². The van der Waals surface area contributed by atoms with Gasteiger partial charge in [0.05, 0.1) is 6.04 Å². The molecule has 1 heterocycles. The molecule has 0 aromatic carbocycles.